The number of aryl methyl sites for hydroxylation is 2. The minimum atomic E-state index is 1.15. The Kier molecular flexibility index (Phi) is 3.74. The zero-order valence-corrected chi connectivity index (χ0v) is 12.4. The van der Waals surface area contributed by atoms with Crippen molar-refractivity contribution in [1.29, 1.82) is 0 Å². The lowest BCUT2D eigenvalue weighted by atomic mass is 10.1. The van der Waals surface area contributed by atoms with E-state index in [4.69, 9.17) is 0 Å². The number of rotatable bonds is 1. The van der Waals surface area contributed by atoms with E-state index in [0.717, 1.165) is 13.1 Å². The van der Waals surface area contributed by atoms with Crippen LogP contribution in [0.1, 0.15) is 11.1 Å². The van der Waals surface area contributed by atoms with Gasteiger partial charge in [0.2, 0.25) is 0 Å². The number of anilines is 1. The second-order valence-corrected chi connectivity index (χ2v) is 5.92. The molecule has 0 spiro atoms. The van der Waals surface area contributed by atoms with Crippen molar-refractivity contribution in [2.24, 2.45) is 0 Å². The zero-order valence-electron chi connectivity index (χ0n) is 10.3. The average molecular weight is 330 g/mol. The molecular weight excluding hydrogens is 311 g/mol. The highest BCUT2D eigenvalue weighted by Gasteiger charge is 2.17. The first-order valence-corrected chi connectivity index (χ1v) is 6.86. The quantitative estimate of drug-likeness (QED) is 0.731. The number of nitrogens with zero attached hydrogens (tertiary/aromatic N) is 2. The van der Waals surface area contributed by atoms with Crippen LogP contribution in [0.3, 0.4) is 0 Å². The van der Waals surface area contributed by atoms with Crippen LogP contribution in [0, 0.1) is 17.4 Å². The van der Waals surface area contributed by atoms with Crippen molar-refractivity contribution in [3.05, 3.63) is 26.8 Å². The van der Waals surface area contributed by atoms with Crippen LogP contribution in [0.15, 0.2) is 12.1 Å². The van der Waals surface area contributed by atoms with Gasteiger partial charge in [0.1, 0.15) is 0 Å². The Morgan fingerprint density at radius 3 is 2.00 bits per heavy atom. The van der Waals surface area contributed by atoms with Crippen molar-refractivity contribution in [2.75, 3.05) is 38.1 Å². The first kappa shape index (κ1) is 12.2. The maximum absolute atomic E-state index is 2.53. The van der Waals surface area contributed by atoms with Gasteiger partial charge in [-0.15, -0.1) is 0 Å². The van der Waals surface area contributed by atoms with E-state index in [1.165, 1.54) is 33.5 Å². The lowest BCUT2D eigenvalue weighted by Crippen LogP contribution is -2.45. The lowest BCUT2D eigenvalue weighted by Gasteiger charge is -2.36. The monoisotopic (exact) mass is 330 g/mol. The van der Waals surface area contributed by atoms with Gasteiger partial charge in [0.15, 0.2) is 0 Å². The summed E-state index contributed by atoms with van der Waals surface area (Å²) >= 11 is 2.40. The molecule has 0 atom stereocenters. The molecule has 0 aliphatic carbocycles. The van der Waals surface area contributed by atoms with Crippen molar-refractivity contribution < 1.29 is 0 Å². The molecular formula is C13H19IN2. The summed E-state index contributed by atoms with van der Waals surface area (Å²) in [5, 5.41) is 0. The molecule has 0 saturated carbocycles. The van der Waals surface area contributed by atoms with Crippen LogP contribution < -0.4 is 4.90 Å². The van der Waals surface area contributed by atoms with Crippen molar-refractivity contribution >= 4 is 28.3 Å². The van der Waals surface area contributed by atoms with Crippen molar-refractivity contribution in [3.63, 3.8) is 0 Å². The van der Waals surface area contributed by atoms with E-state index in [1.54, 1.807) is 0 Å². The molecule has 2 nitrogen and oxygen atoms in total. The molecule has 16 heavy (non-hydrogen) atoms. The zero-order chi connectivity index (χ0) is 11.7. The predicted molar refractivity (Wildman–Crippen MR) is 78.3 cm³/mol. The number of benzene rings is 1. The van der Waals surface area contributed by atoms with E-state index in [9.17, 15) is 0 Å². The van der Waals surface area contributed by atoms with Crippen LogP contribution in [0.2, 0.25) is 0 Å². The Morgan fingerprint density at radius 1 is 1.00 bits per heavy atom. The SMILES string of the molecule is Cc1cc(I)cc(C)c1N1CCN(C)CC1. The normalized spacial score (nSPS) is 17.9. The Bertz CT molecular complexity index is 359. The second kappa shape index (κ2) is 4.92. The van der Waals surface area contributed by atoms with E-state index >= 15 is 0 Å². The first-order chi connectivity index (χ1) is 7.58. The molecule has 0 radical (unpaired) electrons. The van der Waals surface area contributed by atoms with Crippen LogP contribution >= 0.6 is 22.6 Å². The number of halogens is 1. The molecule has 0 amide bonds. The largest absolute Gasteiger partial charge is 0.369 e. The highest BCUT2D eigenvalue weighted by molar-refractivity contribution is 14.1. The average Bonchev–Trinajstić information content (AvgIpc) is 2.19. The van der Waals surface area contributed by atoms with Crippen molar-refractivity contribution in [1.82, 2.24) is 4.90 Å². The first-order valence-electron chi connectivity index (χ1n) is 5.78. The summed E-state index contributed by atoms with van der Waals surface area (Å²) in [5.74, 6) is 0. The second-order valence-electron chi connectivity index (χ2n) is 4.68. The molecule has 0 N–H and O–H groups in total. The number of hydrogen-bond donors (Lipinski definition) is 0. The fourth-order valence-electron chi connectivity index (χ4n) is 2.43. The molecule has 1 aliphatic rings. The maximum Gasteiger partial charge on any atom is 0.0427 e. The number of piperazine rings is 1. The lowest BCUT2D eigenvalue weighted by molar-refractivity contribution is 0.312. The summed E-state index contributed by atoms with van der Waals surface area (Å²) in [5.41, 5.74) is 4.27. The molecule has 1 aromatic rings. The van der Waals surface area contributed by atoms with Gasteiger partial charge in [0.05, 0.1) is 0 Å². The van der Waals surface area contributed by atoms with Crippen molar-refractivity contribution in [3.8, 4) is 0 Å². The summed E-state index contributed by atoms with van der Waals surface area (Å²) in [4.78, 5) is 4.93. The van der Waals surface area contributed by atoms with E-state index in [1.807, 2.05) is 0 Å². The van der Waals surface area contributed by atoms with Gasteiger partial charge in [-0.25, -0.2) is 0 Å². The van der Waals surface area contributed by atoms with Crippen LogP contribution in [0.25, 0.3) is 0 Å². The Labute approximate surface area is 112 Å². The summed E-state index contributed by atoms with van der Waals surface area (Å²) in [6.45, 7) is 9.10. The number of likely N-dealkylation sites (N-methyl/N-ethyl adjacent to an activating group) is 1. The molecule has 88 valence electrons. The molecule has 2 rings (SSSR count). The molecule has 0 bridgehead atoms. The third-order valence-corrected chi connectivity index (χ3v) is 3.90. The van der Waals surface area contributed by atoms with Gasteiger partial charge in [-0.2, -0.15) is 0 Å². The Hall–Kier alpha value is -0.290. The standard InChI is InChI=1S/C13H19IN2/c1-10-8-12(14)9-11(2)13(10)16-6-4-15(3)5-7-16/h8-9H,4-7H2,1-3H3. The van der Waals surface area contributed by atoms with Crippen molar-refractivity contribution in [2.45, 2.75) is 13.8 Å². The summed E-state index contributed by atoms with van der Waals surface area (Å²) in [6, 6.07) is 4.56. The molecule has 1 aliphatic heterocycles. The van der Waals surface area contributed by atoms with E-state index < -0.39 is 0 Å². The minimum Gasteiger partial charge on any atom is -0.369 e. The highest BCUT2D eigenvalue weighted by Crippen LogP contribution is 2.27. The van der Waals surface area contributed by atoms with Gasteiger partial charge in [-0.3, -0.25) is 0 Å². The van der Waals surface area contributed by atoms with Gasteiger partial charge in [-0.1, -0.05) is 0 Å². The Balaban J connectivity index is 2.26. The van der Waals surface area contributed by atoms with Gasteiger partial charge in [0.25, 0.3) is 0 Å². The molecule has 3 heteroatoms. The summed E-state index contributed by atoms with van der Waals surface area (Å²) in [7, 11) is 2.20. The summed E-state index contributed by atoms with van der Waals surface area (Å²) < 4.78 is 1.34. The fourth-order valence-corrected chi connectivity index (χ4v) is 3.37. The van der Waals surface area contributed by atoms with Gasteiger partial charge in [-0.05, 0) is 66.7 Å². The highest BCUT2D eigenvalue weighted by atomic mass is 127. The van der Waals surface area contributed by atoms with E-state index in [2.05, 4.69) is 65.4 Å². The van der Waals surface area contributed by atoms with Gasteiger partial charge >= 0.3 is 0 Å². The molecule has 1 aromatic carbocycles. The fraction of sp³-hybridized carbons (Fsp3) is 0.538. The van der Waals surface area contributed by atoms with Crippen LogP contribution in [0.5, 0.6) is 0 Å². The minimum absolute atomic E-state index is 1.15. The Morgan fingerprint density at radius 2 is 1.50 bits per heavy atom. The van der Waals surface area contributed by atoms with E-state index in [0.29, 0.717) is 0 Å². The third kappa shape index (κ3) is 2.51. The molecule has 1 fully saturated rings. The molecule has 1 saturated heterocycles. The summed E-state index contributed by atoms with van der Waals surface area (Å²) in [6.07, 6.45) is 0. The van der Waals surface area contributed by atoms with Crippen LogP contribution in [-0.4, -0.2) is 38.1 Å². The number of hydrogen-bond acceptors (Lipinski definition) is 2. The van der Waals surface area contributed by atoms with Crippen LogP contribution in [0.4, 0.5) is 5.69 Å². The van der Waals surface area contributed by atoms with Gasteiger partial charge in [0, 0.05) is 35.4 Å². The van der Waals surface area contributed by atoms with E-state index in [-0.39, 0.29) is 0 Å². The topological polar surface area (TPSA) is 6.48 Å². The molecule has 1 heterocycles. The molecule has 0 unspecified atom stereocenters. The molecule has 0 aromatic heterocycles. The predicted octanol–water partition coefficient (Wildman–Crippen LogP) is 2.66. The smallest absolute Gasteiger partial charge is 0.0427 e. The third-order valence-electron chi connectivity index (χ3n) is 3.28. The van der Waals surface area contributed by atoms with Gasteiger partial charge < -0.3 is 9.80 Å². The maximum atomic E-state index is 2.53. The van der Waals surface area contributed by atoms with Crippen LogP contribution in [-0.2, 0) is 0 Å².